The molecule has 8 nitrogen and oxygen atoms in total. The van der Waals surface area contributed by atoms with Gasteiger partial charge in [-0.15, -0.1) is 0 Å². The Kier molecular flexibility index (Phi) is 4.07. The maximum Gasteiger partial charge on any atom is 0.363 e. The Morgan fingerprint density at radius 1 is 1.33 bits per heavy atom. The van der Waals surface area contributed by atoms with Crippen LogP contribution in [0, 0.1) is 0 Å². The maximum absolute atomic E-state index is 12.1. The van der Waals surface area contributed by atoms with Gasteiger partial charge in [-0.1, -0.05) is 22.9 Å². The number of aromatic amines is 1. The normalized spacial score (nSPS) is 10.1. The zero-order valence-corrected chi connectivity index (χ0v) is 11.1. The van der Waals surface area contributed by atoms with Crippen molar-refractivity contribution < 1.29 is 14.7 Å². The SMILES string of the molecule is CCNc1[nH]c(=O)n(O)c(=O)c1C(=O)Oc1ccccc1. The molecule has 1 aromatic heterocycles. The first-order chi connectivity index (χ1) is 10.0. The van der Waals surface area contributed by atoms with Crippen LogP contribution in [0.3, 0.4) is 0 Å². The molecule has 8 heteroatoms. The molecule has 0 radical (unpaired) electrons. The summed E-state index contributed by atoms with van der Waals surface area (Å²) in [5.41, 5.74) is -2.69. The summed E-state index contributed by atoms with van der Waals surface area (Å²) in [5, 5.41) is 12.0. The van der Waals surface area contributed by atoms with Crippen molar-refractivity contribution in [2.75, 3.05) is 11.9 Å². The number of anilines is 1. The number of H-pyrrole nitrogens is 1. The molecular formula is C13H13N3O5. The highest BCUT2D eigenvalue weighted by Crippen LogP contribution is 2.13. The van der Waals surface area contributed by atoms with Crippen LogP contribution in [0.2, 0.25) is 0 Å². The van der Waals surface area contributed by atoms with Crippen LogP contribution in [-0.4, -0.2) is 27.4 Å². The van der Waals surface area contributed by atoms with Gasteiger partial charge < -0.3 is 15.3 Å². The average Bonchev–Trinajstić information content (AvgIpc) is 2.46. The number of carbonyl (C=O) groups is 1. The molecule has 1 heterocycles. The molecular weight excluding hydrogens is 278 g/mol. The molecule has 0 aliphatic carbocycles. The molecule has 2 rings (SSSR count). The van der Waals surface area contributed by atoms with Gasteiger partial charge in [0.05, 0.1) is 0 Å². The van der Waals surface area contributed by atoms with Crippen LogP contribution >= 0.6 is 0 Å². The van der Waals surface area contributed by atoms with E-state index in [1.165, 1.54) is 12.1 Å². The minimum Gasteiger partial charge on any atom is -0.423 e. The molecule has 0 saturated heterocycles. The van der Waals surface area contributed by atoms with Crippen molar-refractivity contribution in [3.63, 3.8) is 0 Å². The first-order valence-electron chi connectivity index (χ1n) is 6.14. The molecule has 110 valence electrons. The van der Waals surface area contributed by atoms with Gasteiger partial charge in [0.1, 0.15) is 11.6 Å². The van der Waals surface area contributed by atoms with E-state index in [1.807, 2.05) is 0 Å². The highest BCUT2D eigenvalue weighted by Gasteiger charge is 2.22. The Balaban J connectivity index is 2.47. The molecule has 1 aromatic carbocycles. The van der Waals surface area contributed by atoms with Crippen molar-refractivity contribution >= 4 is 11.8 Å². The van der Waals surface area contributed by atoms with Crippen LogP contribution in [0.5, 0.6) is 5.75 Å². The number of para-hydroxylation sites is 1. The van der Waals surface area contributed by atoms with E-state index in [0.717, 1.165) is 0 Å². The third kappa shape index (κ3) is 2.94. The number of aromatic nitrogens is 2. The van der Waals surface area contributed by atoms with Gasteiger partial charge in [0, 0.05) is 6.54 Å². The van der Waals surface area contributed by atoms with E-state index < -0.39 is 22.8 Å². The van der Waals surface area contributed by atoms with Crippen molar-refractivity contribution in [2.24, 2.45) is 0 Å². The second-order valence-electron chi connectivity index (χ2n) is 4.03. The summed E-state index contributed by atoms with van der Waals surface area (Å²) in [6, 6.07) is 8.13. The quantitative estimate of drug-likeness (QED) is 0.427. The lowest BCUT2D eigenvalue weighted by molar-refractivity contribution is 0.0724. The molecule has 0 atom stereocenters. The fourth-order valence-electron chi connectivity index (χ4n) is 1.67. The van der Waals surface area contributed by atoms with Crippen molar-refractivity contribution in [1.82, 2.24) is 9.71 Å². The molecule has 21 heavy (non-hydrogen) atoms. The van der Waals surface area contributed by atoms with Crippen LogP contribution in [0.25, 0.3) is 0 Å². The molecule has 0 saturated carbocycles. The van der Waals surface area contributed by atoms with Crippen LogP contribution in [0.15, 0.2) is 39.9 Å². The first-order valence-corrected chi connectivity index (χ1v) is 6.14. The maximum atomic E-state index is 12.1. The Hall–Kier alpha value is -3.03. The third-order valence-electron chi connectivity index (χ3n) is 2.59. The van der Waals surface area contributed by atoms with E-state index >= 15 is 0 Å². The van der Waals surface area contributed by atoms with Gasteiger partial charge in [0.25, 0.3) is 0 Å². The van der Waals surface area contributed by atoms with Gasteiger partial charge in [-0.2, -0.15) is 0 Å². The predicted octanol–water partition coefficient (Wildman–Crippen LogP) is 0.425. The van der Waals surface area contributed by atoms with E-state index in [4.69, 9.17) is 4.74 Å². The lowest BCUT2D eigenvalue weighted by Gasteiger charge is -2.10. The van der Waals surface area contributed by atoms with Gasteiger partial charge in [-0.3, -0.25) is 9.78 Å². The number of nitrogens with zero attached hydrogens (tertiary/aromatic N) is 1. The van der Waals surface area contributed by atoms with Crippen molar-refractivity contribution in [2.45, 2.75) is 6.92 Å². The van der Waals surface area contributed by atoms with Gasteiger partial charge >= 0.3 is 17.2 Å². The van der Waals surface area contributed by atoms with Gasteiger partial charge in [0.2, 0.25) is 0 Å². The number of esters is 1. The molecule has 0 fully saturated rings. The average molecular weight is 291 g/mol. The third-order valence-corrected chi connectivity index (χ3v) is 2.59. The lowest BCUT2D eigenvalue weighted by Crippen LogP contribution is -2.39. The summed E-state index contributed by atoms with van der Waals surface area (Å²) in [4.78, 5) is 37.5. The van der Waals surface area contributed by atoms with Crippen molar-refractivity contribution in [3.05, 3.63) is 56.7 Å². The lowest BCUT2D eigenvalue weighted by atomic mass is 10.3. The van der Waals surface area contributed by atoms with Gasteiger partial charge in [-0.05, 0) is 19.1 Å². The van der Waals surface area contributed by atoms with E-state index in [1.54, 1.807) is 25.1 Å². The number of rotatable bonds is 4. The number of nitrogens with one attached hydrogen (secondary N) is 2. The molecule has 0 aliphatic heterocycles. The highest BCUT2D eigenvalue weighted by atomic mass is 16.5. The Morgan fingerprint density at radius 2 is 2.00 bits per heavy atom. The number of hydrogen-bond acceptors (Lipinski definition) is 6. The minimum absolute atomic E-state index is 0.0984. The largest absolute Gasteiger partial charge is 0.423 e. The van der Waals surface area contributed by atoms with Crippen LogP contribution in [0.1, 0.15) is 17.3 Å². The highest BCUT2D eigenvalue weighted by molar-refractivity contribution is 5.95. The van der Waals surface area contributed by atoms with Crippen LogP contribution < -0.4 is 21.3 Å². The molecule has 2 aromatic rings. The summed E-state index contributed by atoms with van der Waals surface area (Å²) < 4.78 is 4.86. The summed E-state index contributed by atoms with van der Waals surface area (Å²) in [7, 11) is 0. The zero-order chi connectivity index (χ0) is 15.4. The molecule has 0 aliphatic rings. The summed E-state index contributed by atoms with van der Waals surface area (Å²) in [6.07, 6.45) is 0. The van der Waals surface area contributed by atoms with E-state index in [9.17, 15) is 19.6 Å². The summed E-state index contributed by atoms with van der Waals surface area (Å²) in [6.45, 7) is 2.07. The fourth-order valence-corrected chi connectivity index (χ4v) is 1.67. The number of hydrogen-bond donors (Lipinski definition) is 3. The number of carbonyl (C=O) groups excluding carboxylic acids is 1. The Bertz CT molecular complexity index is 764. The van der Waals surface area contributed by atoms with E-state index in [-0.39, 0.29) is 16.3 Å². The second-order valence-corrected chi connectivity index (χ2v) is 4.03. The fraction of sp³-hybridized carbons (Fsp3) is 0.154. The molecule has 3 N–H and O–H groups in total. The van der Waals surface area contributed by atoms with Gasteiger partial charge in [0.15, 0.2) is 5.56 Å². The Labute approximate surface area is 118 Å². The van der Waals surface area contributed by atoms with Crippen LogP contribution in [0.4, 0.5) is 5.82 Å². The smallest absolute Gasteiger partial charge is 0.363 e. The van der Waals surface area contributed by atoms with Crippen LogP contribution in [-0.2, 0) is 0 Å². The molecule has 0 bridgehead atoms. The summed E-state index contributed by atoms with van der Waals surface area (Å²) in [5.74, 6) is -0.847. The van der Waals surface area contributed by atoms with E-state index in [0.29, 0.717) is 6.54 Å². The second kappa shape index (κ2) is 5.95. The number of benzene rings is 1. The predicted molar refractivity (Wildman–Crippen MR) is 74.1 cm³/mol. The molecule has 0 spiro atoms. The molecule has 0 unspecified atom stereocenters. The number of ether oxygens (including phenoxy) is 1. The van der Waals surface area contributed by atoms with E-state index in [2.05, 4.69) is 10.3 Å². The zero-order valence-electron chi connectivity index (χ0n) is 11.1. The monoisotopic (exact) mass is 291 g/mol. The first kappa shape index (κ1) is 14.4. The minimum atomic E-state index is -1.16. The Morgan fingerprint density at radius 3 is 2.62 bits per heavy atom. The van der Waals surface area contributed by atoms with Crippen molar-refractivity contribution in [1.29, 1.82) is 0 Å². The summed E-state index contributed by atoms with van der Waals surface area (Å²) >= 11 is 0. The topological polar surface area (TPSA) is 113 Å². The standard InChI is InChI=1S/C13H13N3O5/c1-2-14-10-9(11(17)16(20)13(19)15-10)12(18)21-8-6-4-3-5-7-8/h3-7,14,20H,2H2,1H3,(H,15,19). The van der Waals surface area contributed by atoms with Crippen molar-refractivity contribution in [3.8, 4) is 5.75 Å². The molecule has 0 amide bonds. The van der Waals surface area contributed by atoms with Gasteiger partial charge in [-0.25, -0.2) is 9.59 Å².